The van der Waals surface area contributed by atoms with E-state index in [4.69, 9.17) is 5.21 Å². The zero-order chi connectivity index (χ0) is 4.28. The first-order valence-electron chi connectivity index (χ1n) is 0.949. The van der Waals surface area contributed by atoms with Crippen molar-refractivity contribution in [2.75, 3.05) is 0 Å². The summed E-state index contributed by atoms with van der Waals surface area (Å²) in [6.45, 7) is -2.81. The second-order valence-electron chi connectivity index (χ2n) is 0.430. The highest BCUT2D eigenvalue weighted by atomic mass is 19.3. The first-order valence-corrected chi connectivity index (χ1v) is 0.949. The molecule has 0 spiro atoms. The third-order valence-electron chi connectivity index (χ3n) is 0.0976. The van der Waals surface area contributed by atoms with E-state index in [1.165, 1.54) is 0 Å². The molecule has 0 amide bonds. The highest BCUT2D eigenvalue weighted by Crippen LogP contribution is 1.77. The van der Waals surface area contributed by atoms with Crippen LogP contribution in [0.25, 0.3) is 0 Å². The van der Waals surface area contributed by atoms with Crippen molar-refractivity contribution >= 4 is 0 Å². The molecule has 0 aromatic rings. The smallest absolute Gasteiger partial charge is 0.312 e. The van der Waals surface area contributed by atoms with Crippen molar-refractivity contribution in [2.45, 2.75) is 6.55 Å². The number of rotatable bonds is 1. The summed E-state index contributed by atoms with van der Waals surface area (Å²) in [7, 11) is 0. The zero-order valence-electron chi connectivity index (χ0n) is 2.28. The van der Waals surface area contributed by atoms with Gasteiger partial charge in [0.05, 0.1) is 0 Å². The van der Waals surface area contributed by atoms with Crippen molar-refractivity contribution in [1.29, 1.82) is 0 Å². The third-order valence-corrected chi connectivity index (χ3v) is 0.0976. The first kappa shape index (κ1) is 4.78. The maximum atomic E-state index is 10.4. The van der Waals surface area contributed by atoms with E-state index < -0.39 is 6.55 Å². The third kappa shape index (κ3) is 3.78. The predicted molar refractivity (Wildman–Crippen MR) is 10.9 cm³/mol. The van der Waals surface area contributed by atoms with Crippen molar-refractivity contribution in [2.24, 2.45) is 0 Å². The summed E-state index contributed by atoms with van der Waals surface area (Å²) in [6.07, 6.45) is 0. The molecule has 0 aliphatic carbocycles. The lowest BCUT2D eigenvalue weighted by atomic mass is 11.3. The van der Waals surface area contributed by atoms with Crippen molar-refractivity contribution in [3.63, 3.8) is 0 Å². The number of hydrogen-bond acceptors (Lipinski definition) is 2. The van der Waals surface area contributed by atoms with Crippen LogP contribution in [-0.4, -0.2) is 11.8 Å². The van der Waals surface area contributed by atoms with Crippen molar-refractivity contribution < 1.29 is 14.0 Å². The van der Waals surface area contributed by atoms with Gasteiger partial charge in [0.2, 0.25) is 0 Å². The fraction of sp³-hybridized carbons (Fsp3) is 1.00. The molecule has 2 nitrogen and oxygen atoms in total. The summed E-state index contributed by atoms with van der Waals surface area (Å²) in [5.41, 5.74) is 0.694. The molecule has 2 N–H and O–H groups in total. The number of nitrogens with one attached hydrogen (secondary N) is 1. The second-order valence-corrected chi connectivity index (χ2v) is 0.430. The van der Waals surface area contributed by atoms with Gasteiger partial charge in [-0.1, -0.05) is 0 Å². The highest BCUT2D eigenvalue weighted by Gasteiger charge is 1.90. The predicted octanol–water partition coefficient (Wildman–Crippen LogP) is 0.188. The fourth-order valence-corrected chi connectivity index (χ4v) is 0. The summed E-state index contributed by atoms with van der Waals surface area (Å²) in [4.78, 5) is 0. The van der Waals surface area contributed by atoms with Crippen LogP contribution in [0.15, 0.2) is 0 Å². The molecule has 0 saturated carbocycles. The largest absolute Gasteiger partial charge is 0.313 e. The Bertz CT molecular complexity index is 23.6. The van der Waals surface area contributed by atoms with Crippen LogP contribution < -0.4 is 5.48 Å². The topological polar surface area (TPSA) is 32.3 Å². The van der Waals surface area contributed by atoms with E-state index in [1.54, 1.807) is 0 Å². The Balaban J connectivity index is 2.54. The lowest BCUT2D eigenvalue weighted by Gasteiger charge is -1.85. The quantitative estimate of drug-likeness (QED) is 0.350. The maximum absolute atomic E-state index is 10.4. The lowest BCUT2D eigenvalue weighted by Crippen LogP contribution is -2.13. The second kappa shape index (κ2) is 2.04. The minimum Gasteiger partial charge on any atom is -0.312 e. The minimum absolute atomic E-state index is 0.694. The van der Waals surface area contributed by atoms with E-state index in [0.29, 0.717) is 5.48 Å². The van der Waals surface area contributed by atoms with Crippen LogP contribution in [0.1, 0.15) is 0 Å². The summed E-state index contributed by atoms with van der Waals surface area (Å²) in [5, 5.41) is 7.14. The van der Waals surface area contributed by atoms with Gasteiger partial charge in [-0.05, 0) is 0 Å². The van der Waals surface area contributed by atoms with Gasteiger partial charge >= 0.3 is 6.55 Å². The number of hydroxylamine groups is 1. The Labute approximate surface area is 27.4 Å². The number of halogens is 2. The molecule has 0 aliphatic heterocycles. The Kier molecular flexibility index (Phi) is 1.95. The average Bonchev–Trinajstić information content (AvgIpc) is 1.38. The fourth-order valence-electron chi connectivity index (χ4n) is 0. The standard InChI is InChI=1S/CH3F2NO/c2-1(3)4-5/h1,4-5H. The summed E-state index contributed by atoms with van der Waals surface area (Å²) >= 11 is 0. The Morgan fingerprint density at radius 2 is 1.80 bits per heavy atom. The van der Waals surface area contributed by atoms with Crippen LogP contribution in [0.3, 0.4) is 0 Å². The van der Waals surface area contributed by atoms with Crippen LogP contribution in [0.5, 0.6) is 0 Å². The molecule has 0 radical (unpaired) electrons. The molecule has 0 aromatic carbocycles. The normalized spacial score (nSPS) is 9.60. The van der Waals surface area contributed by atoms with Gasteiger partial charge in [0.1, 0.15) is 0 Å². The summed E-state index contributed by atoms with van der Waals surface area (Å²) < 4.78 is 20.8. The average molecular weight is 83.0 g/mol. The molecule has 0 atom stereocenters. The van der Waals surface area contributed by atoms with Gasteiger partial charge in [-0.3, -0.25) is 0 Å². The van der Waals surface area contributed by atoms with Crippen molar-refractivity contribution in [1.82, 2.24) is 5.48 Å². The van der Waals surface area contributed by atoms with Gasteiger partial charge in [-0.2, -0.15) is 8.78 Å². The molecule has 4 heteroatoms. The Morgan fingerprint density at radius 3 is 1.80 bits per heavy atom. The molecule has 0 aromatic heterocycles. The van der Waals surface area contributed by atoms with Crippen LogP contribution in [-0.2, 0) is 0 Å². The molecule has 0 aliphatic rings. The van der Waals surface area contributed by atoms with Crippen LogP contribution in [0.2, 0.25) is 0 Å². The molecule has 0 bridgehead atoms. The molecule has 0 heterocycles. The molecule has 0 rings (SSSR count). The number of hydrogen-bond donors (Lipinski definition) is 2. The van der Waals surface area contributed by atoms with Crippen LogP contribution >= 0.6 is 0 Å². The van der Waals surface area contributed by atoms with Crippen LogP contribution in [0, 0.1) is 0 Å². The van der Waals surface area contributed by atoms with Gasteiger partial charge in [-0.25, -0.2) is 0 Å². The molecular formula is CH3F2NO. The van der Waals surface area contributed by atoms with Crippen LogP contribution in [0.4, 0.5) is 8.78 Å². The SMILES string of the molecule is ONC(F)F. The maximum Gasteiger partial charge on any atom is 0.313 e. The first-order chi connectivity index (χ1) is 2.27. The highest BCUT2D eigenvalue weighted by molar-refractivity contribution is 4.05. The molecule has 5 heavy (non-hydrogen) atoms. The van der Waals surface area contributed by atoms with Gasteiger partial charge in [0.15, 0.2) is 0 Å². The van der Waals surface area contributed by atoms with Gasteiger partial charge < -0.3 is 5.21 Å². The lowest BCUT2D eigenvalue weighted by molar-refractivity contribution is -0.0222. The van der Waals surface area contributed by atoms with E-state index >= 15 is 0 Å². The molecule has 32 valence electrons. The van der Waals surface area contributed by atoms with Gasteiger partial charge in [-0.15, -0.1) is 5.48 Å². The molecular weight excluding hydrogens is 80.0 g/mol. The monoisotopic (exact) mass is 83.0 g/mol. The Morgan fingerprint density at radius 1 is 1.60 bits per heavy atom. The number of alkyl halides is 2. The van der Waals surface area contributed by atoms with E-state index in [2.05, 4.69) is 0 Å². The van der Waals surface area contributed by atoms with E-state index in [1.807, 2.05) is 0 Å². The van der Waals surface area contributed by atoms with E-state index in [-0.39, 0.29) is 0 Å². The molecule has 0 fully saturated rings. The zero-order valence-corrected chi connectivity index (χ0v) is 2.28. The van der Waals surface area contributed by atoms with Gasteiger partial charge in [0.25, 0.3) is 0 Å². The van der Waals surface area contributed by atoms with Crippen molar-refractivity contribution in [3.05, 3.63) is 0 Å². The van der Waals surface area contributed by atoms with Gasteiger partial charge in [0, 0.05) is 0 Å². The Hall–Kier alpha value is -0.220. The summed E-state index contributed by atoms with van der Waals surface area (Å²) in [6, 6.07) is 0. The molecule has 0 saturated heterocycles. The summed E-state index contributed by atoms with van der Waals surface area (Å²) in [5.74, 6) is 0. The molecule has 0 unspecified atom stereocenters. The van der Waals surface area contributed by atoms with E-state index in [0.717, 1.165) is 0 Å². The van der Waals surface area contributed by atoms with E-state index in [9.17, 15) is 8.78 Å². The van der Waals surface area contributed by atoms with Crippen molar-refractivity contribution in [3.8, 4) is 0 Å². The minimum atomic E-state index is -2.81.